The van der Waals surface area contributed by atoms with Gasteiger partial charge in [-0.1, -0.05) is 73.1 Å². The second kappa shape index (κ2) is 14.8. The fraction of sp³-hybridized carbons (Fsp3) is 0.853. The fourth-order valence-corrected chi connectivity index (χ4v) is 9.10. The van der Waals surface area contributed by atoms with Crippen LogP contribution in [0.1, 0.15) is 92.4 Å². The van der Waals surface area contributed by atoms with Gasteiger partial charge in [0.25, 0.3) is 16.1 Å². The molecule has 1 unspecified atom stereocenters. The predicted molar refractivity (Wildman–Crippen MR) is 185 cm³/mol. The van der Waals surface area contributed by atoms with E-state index in [-0.39, 0.29) is 35.6 Å². The van der Waals surface area contributed by atoms with Crippen LogP contribution in [0.3, 0.4) is 0 Å². The molecule has 5 amide bonds. The summed E-state index contributed by atoms with van der Waals surface area (Å²) in [5.74, 6) is -2.66. The van der Waals surface area contributed by atoms with Crippen molar-refractivity contribution in [1.82, 2.24) is 29.5 Å². The van der Waals surface area contributed by atoms with E-state index in [1.807, 2.05) is 20.8 Å². The molecule has 6 atom stereocenters. The Balaban J connectivity index is 1.53. The number of hydrogen-bond donors (Lipinski definition) is 4. The van der Waals surface area contributed by atoms with E-state index in [1.165, 1.54) is 30.3 Å². The molecule has 0 radical (unpaired) electrons. The molecule has 5 N–H and O–H groups in total. The Kier molecular flexibility index (Phi) is 11.8. The summed E-state index contributed by atoms with van der Waals surface area (Å²) < 4.78 is 28.1. The van der Waals surface area contributed by atoms with Crippen LogP contribution in [-0.2, 0) is 29.4 Å². The average molecular weight is 710 g/mol. The third-order valence-electron chi connectivity index (χ3n) is 11.7. The molecule has 278 valence electrons. The topological polar surface area (TPSA) is 191 Å². The van der Waals surface area contributed by atoms with Crippen molar-refractivity contribution in [2.75, 3.05) is 34.2 Å². The van der Waals surface area contributed by atoms with E-state index < -0.39 is 69.3 Å². The number of carbonyl (C=O) groups excluding carboxylic acids is 5. The number of piperidine rings is 1. The molecule has 4 fully saturated rings. The zero-order chi connectivity index (χ0) is 36.6. The molecule has 0 aromatic rings. The Hall–Kier alpha value is -2.78. The lowest BCUT2D eigenvalue weighted by Gasteiger charge is -2.39. The highest BCUT2D eigenvalue weighted by Crippen LogP contribution is 2.65. The van der Waals surface area contributed by atoms with Gasteiger partial charge >= 0.3 is 6.03 Å². The summed E-state index contributed by atoms with van der Waals surface area (Å²) in [6.45, 7) is 10.0. The third-order valence-corrected chi connectivity index (χ3v) is 13.5. The van der Waals surface area contributed by atoms with Crippen molar-refractivity contribution in [1.29, 1.82) is 0 Å². The number of likely N-dealkylation sites (tertiary alicyclic amines) is 1. The van der Waals surface area contributed by atoms with Crippen LogP contribution in [0.2, 0.25) is 0 Å². The van der Waals surface area contributed by atoms with Crippen LogP contribution >= 0.6 is 0 Å². The predicted octanol–water partition coefficient (Wildman–Crippen LogP) is 1.60. The lowest BCUT2D eigenvalue weighted by molar-refractivity contribution is -0.145. The van der Waals surface area contributed by atoms with Crippen molar-refractivity contribution >= 4 is 39.7 Å². The minimum atomic E-state index is -3.72. The molecular formula is C34H59N7O7S. The van der Waals surface area contributed by atoms with Gasteiger partial charge in [0.15, 0.2) is 0 Å². The van der Waals surface area contributed by atoms with Gasteiger partial charge in [-0.3, -0.25) is 19.2 Å². The Morgan fingerprint density at radius 2 is 1.53 bits per heavy atom. The Bertz CT molecular complexity index is 1390. The molecule has 1 aliphatic heterocycles. The number of carbonyl (C=O) groups is 5. The summed E-state index contributed by atoms with van der Waals surface area (Å²) in [7, 11) is 0.696. The zero-order valence-electron chi connectivity index (χ0n) is 30.6. The summed E-state index contributed by atoms with van der Waals surface area (Å²) in [6.07, 6.45) is 7.94. The zero-order valence-corrected chi connectivity index (χ0v) is 31.4. The first-order valence-corrected chi connectivity index (χ1v) is 19.2. The SMILES string of the molecule is CN(C)S(=O)(=O)N(C)C[C@@H](NC(=O)N[C@H](C(=O)N1C[C@H]2[C@@H]([C@H]1C(=O)NC(CC1CCC1)C(=O)C(N)=O)C2(C)C)C(C)(C)C)C1CCCCC1. The molecule has 0 bridgehead atoms. The van der Waals surface area contributed by atoms with Gasteiger partial charge in [-0.05, 0) is 53.8 Å². The van der Waals surface area contributed by atoms with Crippen molar-refractivity contribution in [2.24, 2.45) is 40.2 Å². The van der Waals surface area contributed by atoms with Gasteiger partial charge in [-0.15, -0.1) is 0 Å². The van der Waals surface area contributed by atoms with Crippen molar-refractivity contribution in [3.8, 4) is 0 Å². The van der Waals surface area contributed by atoms with E-state index in [0.29, 0.717) is 13.0 Å². The van der Waals surface area contributed by atoms with E-state index in [4.69, 9.17) is 5.73 Å². The fourth-order valence-electron chi connectivity index (χ4n) is 8.19. The smallest absolute Gasteiger partial charge is 0.315 e. The quantitative estimate of drug-likeness (QED) is 0.197. The monoisotopic (exact) mass is 709 g/mol. The summed E-state index contributed by atoms with van der Waals surface area (Å²) in [4.78, 5) is 68.3. The molecule has 1 heterocycles. The van der Waals surface area contributed by atoms with Crippen LogP contribution < -0.4 is 21.7 Å². The molecule has 0 aromatic carbocycles. The Labute approximate surface area is 292 Å². The first kappa shape index (κ1) is 39.0. The van der Waals surface area contributed by atoms with E-state index >= 15 is 0 Å². The van der Waals surface area contributed by atoms with E-state index in [1.54, 1.807) is 0 Å². The molecule has 3 saturated carbocycles. The van der Waals surface area contributed by atoms with Crippen LogP contribution in [0.4, 0.5) is 4.79 Å². The number of fused-ring (bicyclic) bond motifs is 1. The molecule has 14 nitrogen and oxygen atoms in total. The number of hydrogen-bond acceptors (Lipinski definition) is 7. The Morgan fingerprint density at radius 1 is 0.918 bits per heavy atom. The van der Waals surface area contributed by atoms with Crippen LogP contribution in [-0.4, -0.2) is 110 Å². The van der Waals surface area contributed by atoms with Crippen molar-refractivity contribution < 1.29 is 32.4 Å². The standard InChI is InChI=1S/C34H59N7O7S/c1-33(2,3)28(38-32(46)37-24(21-15-10-9-11-16-21)19-40(8)49(47,48)39(6)7)31(45)41-18-22-25(34(22,4)5)26(41)30(44)36-23(27(42)29(35)43)17-20-13-12-14-20/h20-26,28H,9-19H2,1-8H3,(H2,35,43)(H,36,44)(H2,37,38,46)/t22-,23?,24+,25-,26-,28+/m0/s1. The number of nitrogens with zero attached hydrogens (tertiary/aromatic N) is 3. The number of urea groups is 1. The molecule has 1 saturated heterocycles. The number of likely N-dealkylation sites (N-methyl/N-ethyl adjacent to an activating group) is 1. The number of Topliss-reactive ketones (excluding diaryl/α,β-unsaturated/α-hetero) is 1. The first-order chi connectivity index (χ1) is 22.7. The maximum Gasteiger partial charge on any atom is 0.315 e. The molecule has 0 spiro atoms. The van der Waals surface area contributed by atoms with Crippen LogP contribution in [0, 0.1) is 34.5 Å². The second-order valence-electron chi connectivity index (χ2n) is 16.7. The van der Waals surface area contributed by atoms with Gasteiger partial charge in [0.2, 0.25) is 17.6 Å². The highest BCUT2D eigenvalue weighted by molar-refractivity contribution is 7.86. The maximum absolute atomic E-state index is 14.4. The molecule has 15 heteroatoms. The lowest BCUT2D eigenvalue weighted by atomic mass is 9.80. The number of rotatable bonds is 14. The van der Waals surface area contributed by atoms with Gasteiger partial charge in [0.05, 0.1) is 6.04 Å². The largest absolute Gasteiger partial charge is 0.363 e. The van der Waals surface area contributed by atoms with E-state index in [0.717, 1.165) is 55.7 Å². The summed E-state index contributed by atoms with van der Waals surface area (Å²) >= 11 is 0. The summed E-state index contributed by atoms with van der Waals surface area (Å²) in [5.41, 5.74) is 4.39. The van der Waals surface area contributed by atoms with Gasteiger partial charge in [-0.2, -0.15) is 17.0 Å². The number of nitrogens with two attached hydrogens (primary N) is 1. The minimum Gasteiger partial charge on any atom is -0.363 e. The van der Waals surface area contributed by atoms with Crippen molar-refractivity contribution in [3.05, 3.63) is 0 Å². The van der Waals surface area contributed by atoms with Crippen molar-refractivity contribution in [3.63, 3.8) is 0 Å². The highest BCUT2D eigenvalue weighted by Gasteiger charge is 2.70. The lowest BCUT2D eigenvalue weighted by Crippen LogP contribution is -2.62. The van der Waals surface area contributed by atoms with Gasteiger partial charge in [-0.25, -0.2) is 4.79 Å². The molecule has 3 aliphatic carbocycles. The normalized spacial score (nSPS) is 25.9. The third kappa shape index (κ3) is 8.58. The van der Waals surface area contributed by atoms with Crippen LogP contribution in [0.25, 0.3) is 0 Å². The molecule has 4 aliphatic rings. The van der Waals surface area contributed by atoms with E-state index in [2.05, 4.69) is 29.8 Å². The molecule has 0 aromatic heterocycles. The molecule has 4 rings (SSSR count). The highest BCUT2D eigenvalue weighted by atomic mass is 32.2. The summed E-state index contributed by atoms with van der Waals surface area (Å²) in [5, 5.41) is 8.71. The number of nitrogens with one attached hydrogen (secondary N) is 3. The first-order valence-electron chi connectivity index (χ1n) is 17.8. The van der Waals surface area contributed by atoms with Crippen LogP contribution in [0.5, 0.6) is 0 Å². The van der Waals surface area contributed by atoms with Crippen LogP contribution in [0.15, 0.2) is 0 Å². The van der Waals surface area contributed by atoms with Gasteiger partial charge in [0.1, 0.15) is 12.1 Å². The summed E-state index contributed by atoms with van der Waals surface area (Å²) in [6, 6.07) is -4.02. The second-order valence-corrected chi connectivity index (χ2v) is 19.0. The maximum atomic E-state index is 14.4. The Morgan fingerprint density at radius 3 is 2.04 bits per heavy atom. The van der Waals surface area contributed by atoms with Crippen molar-refractivity contribution in [2.45, 2.75) is 117 Å². The molecular weight excluding hydrogens is 650 g/mol. The number of ketones is 1. The minimum absolute atomic E-state index is 0.0587. The number of primary amides is 1. The number of amides is 5. The van der Waals surface area contributed by atoms with Gasteiger partial charge < -0.3 is 26.6 Å². The molecule has 49 heavy (non-hydrogen) atoms. The average Bonchev–Trinajstić information content (AvgIpc) is 3.31. The van der Waals surface area contributed by atoms with E-state index in [9.17, 15) is 32.4 Å². The van der Waals surface area contributed by atoms with Gasteiger partial charge in [0, 0.05) is 40.3 Å².